The first-order valence-corrected chi connectivity index (χ1v) is 5.84. The second-order valence-electron chi connectivity index (χ2n) is 4.18. The summed E-state index contributed by atoms with van der Waals surface area (Å²) in [5, 5.41) is 18.8. The Morgan fingerprint density at radius 1 is 1.29 bits per heavy atom. The number of phenolic OH excluding ortho intramolecular Hbond substituents is 1. The maximum Gasteiger partial charge on any atom is 0.115 e. The first-order chi connectivity index (χ1) is 8.11. The minimum Gasteiger partial charge on any atom is -0.508 e. The molecular formula is C13H21NO3. The minimum absolute atomic E-state index is 0.271. The number of rotatable bonds is 7. The van der Waals surface area contributed by atoms with Gasteiger partial charge in [0.1, 0.15) is 5.75 Å². The number of benzene rings is 1. The summed E-state index contributed by atoms with van der Waals surface area (Å²) in [6, 6.07) is 7.08. The van der Waals surface area contributed by atoms with E-state index < -0.39 is 6.10 Å². The lowest BCUT2D eigenvalue weighted by Gasteiger charge is -2.20. The number of ether oxygens (including phenoxy) is 1. The summed E-state index contributed by atoms with van der Waals surface area (Å²) < 4.78 is 5.15. The topological polar surface area (TPSA) is 52.9 Å². The van der Waals surface area contributed by atoms with Gasteiger partial charge in [-0.25, -0.2) is 0 Å². The van der Waals surface area contributed by atoms with Gasteiger partial charge in [-0.3, -0.25) is 4.90 Å². The Morgan fingerprint density at radius 2 is 1.94 bits per heavy atom. The van der Waals surface area contributed by atoms with Crippen LogP contribution in [-0.4, -0.2) is 48.0 Å². The zero-order chi connectivity index (χ0) is 12.7. The van der Waals surface area contributed by atoms with E-state index >= 15 is 0 Å². The molecular weight excluding hydrogens is 218 g/mol. The van der Waals surface area contributed by atoms with Crippen molar-refractivity contribution in [1.29, 1.82) is 0 Å². The second kappa shape index (κ2) is 7.27. The Morgan fingerprint density at radius 3 is 2.53 bits per heavy atom. The smallest absolute Gasteiger partial charge is 0.115 e. The van der Waals surface area contributed by atoms with Crippen molar-refractivity contribution in [2.75, 3.05) is 26.8 Å². The first kappa shape index (κ1) is 14.0. The van der Waals surface area contributed by atoms with Gasteiger partial charge in [0.2, 0.25) is 0 Å². The molecule has 4 heteroatoms. The highest BCUT2D eigenvalue weighted by Gasteiger charge is 2.08. The third-order valence-corrected chi connectivity index (χ3v) is 2.43. The molecule has 0 fully saturated rings. The van der Waals surface area contributed by atoms with Crippen LogP contribution in [0.1, 0.15) is 12.5 Å². The predicted molar refractivity (Wildman–Crippen MR) is 66.9 cm³/mol. The van der Waals surface area contributed by atoms with Crippen LogP contribution in [0, 0.1) is 0 Å². The fourth-order valence-electron chi connectivity index (χ4n) is 1.64. The SMILES string of the molecule is CCOCC(O)CN(C)Cc1ccc(O)cc1. The Hall–Kier alpha value is -1.10. The second-order valence-corrected chi connectivity index (χ2v) is 4.18. The molecule has 0 saturated heterocycles. The molecule has 0 bridgehead atoms. The van der Waals surface area contributed by atoms with Crippen LogP contribution in [0.3, 0.4) is 0 Å². The Balaban J connectivity index is 2.33. The average molecular weight is 239 g/mol. The Bertz CT molecular complexity index is 313. The van der Waals surface area contributed by atoms with Crippen LogP contribution in [0.15, 0.2) is 24.3 Å². The molecule has 1 unspecified atom stereocenters. The van der Waals surface area contributed by atoms with E-state index in [0.29, 0.717) is 19.8 Å². The van der Waals surface area contributed by atoms with Crippen LogP contribution in [0.25, 0.3) is 0 Å². The number of nitrogens with zero attached hydrogens (tertiary/aromatic N) is 1. The molecule has 0 amide bonds. The van der Waals surface area contributed by atoms with Gasteiger partial charge in [-0.2, -0.15) is 0 Å². The lowest BCUT2D eigenvalue weighted by molar-refractivity contribution is 0.0244. The number of hydrogen-bond acceptors (Lipinski definition) is 4. The van der Waals surface area contributed by atoms with Crippen LogP contribution >= 0.6 is 0 Å². The molecule has 0 radical (unpaired) electrons. The quantitative estimate of drug-likeness (QED) is 0.751. The molecule has 1 atom stereocenters. The maximum atomic E-state index is 9.67. The van der Waals surface area contributed by atoms with Crippen molar-refractivity contribution >= 4 is 0 Å². The van der Waals surface area contributed by atoms with Crippen molar-refractivity contribution in [3.8, 4) is 5.75 Å². The number of aliphatic hydroxyl groups excluding tert-OH is 1. The molecule has 0 spiro atoms. The Labute approximate surface area is 102 Å². The number of aromatic hydroxyl groups is 1. The van der Waals surface area contributed by atoms with E-state index in [-0.39, 0.29) is 5.75 Å². The molecule has 4 nitrogen and oxygen atoms in total. The third-order valence-electron chi connectivity index (χ3n) is 2.43. The van der Waals surface area contributed by atoms with E-state index in [4.69, 9.17) is 9.84 Å². The highest BCUT2D eigenvalue weighted by atomic mass is 16.5. The largest absolute Gasteiger partial charge is 0.508 e. The monoisotopic (exact) mass is 239 g/mol. The predicted octanol–water partition coefficient (Wildman–Crippen LogP) is 1.22. The minimum atomic E-state index is -0.461. The third kappa shape index (κ3) is 5.68. The number of likely N-dealkylation sites (N-methyl/N-ethyl adjacent to an activating group) is 1. The van der Waals surface area contributed by atoms with Gasteiger partial charge in [0.25, 0.3) is 0 Å². The van der Waals surface area contributed by atoms with Gasteiger partial charge >= 0.3 is 0 Å². The molecule has 1 aromatic rings. The molecule has 0 aliphatic heterocycles. The van der Waals surface area contributed by atoms with Crippen LogP contribution in [-0.2, 0) is 11.3 Å². The van der Waals surface area contributed by atoms with Gasteiger partial charge in [-0.05, 0) is 31.7 Å². The van der Waals surface area contributed by atoms with Crippen molar-refractivity contribution in [2.24, 2.45) is 0 Å². The van der Waals surface area contributed by atoms with Crippen molar-refractivity contribution in [3.05, 3.63) is 29.8 Å². The fourth-order valence-corrected chi connectivity index (χ4v) is 1.64. The van der Waals surface area contributed by atoms with Crippen LogP contribution in [0.5, 0.6) is 5.75 Å². The molecule has 0 aromatic heterocycles. The average Bonchev–Trinajstić information content (AvgIpc) is 2.29. The van der Waals surface area contributed by atoms with Gasteiger partial charge in [0, 0.05) is 19.7 Å². The summed E-state index contributed by atoms with van der Waals surface area (Å²) in [5.74, 6) is 0.271. The molecule has 0 aliphatic carbocycles. The van der Waals surface area contributed by atoms with Gasteiger partial charge in [-0.15, -0.1) is 0 Å². The number of hydrogen-bond donors (Lipinski definition) is 2. The highest BCUT2D eigenvalue weighted by molar-refractivity contribution is 5.25. The summed E-state index contributed by atoms with van der Waals surface area (Å²) >= 11 is 0. The van der Waals surface area contributed by atoms with Crippen molar-refractivity contribution in [2.45, 2.75) is 19.6 Å². The molecule has 2 N–H and O–H groups in total. The first-order valence-electron chi connectivity index (χ1n) is 5.84. The van der Waals surface area contributed by atoms with E-state index in [2.05, 4.69) is 0 Å². The zero-order valence-corrected chi connectivity index (χ0v) is 10.5. The summed E-state index contributed by atoms with van der Waals surface area (Å²) in [5.41, 5.74) is 1.11. The van der Waals surface area contributed by atoms with E-state index in [1.54, 1.807) is 12.1 Å². The fraction of sp³-hybridized carbons (Fsp3) is 0.538. The number of aliphatic hydroxyl groups is 1. The van der Waals surface area contributed by atoms with E-state index in [1.807, 2.05) is 31.0 Å². The molecule has 0 aliphatic rings. The molecule has 1 rings (SSSR count). The van der Waals surface area contributed by atoms with Crippen molar-refractivity contribution < 1.29 is 14.9 Å². The summed E-state index contributed by atoms with van der Waals surface area (Å²) in [6.45, 7) is 4.21. The lowest BCUT2D eigenvalue weighted by atomic mass is 10.2. The Kier molecular flexibility index (Phi) is 5.97. The molecule has 1 aromatic carbocycles. The molecule has 0 saturated carbocycles. The summed E-state index contributed by atoms with van der Waals surface area (Å²) in [6.07, 6.45) is -0.461. The van der Waals surface area contributed by atoms with Gasteiger partial charge in [-0.1, -0.05) is 12.1 Å². The van der Waals surface area contributed by atoms with Crippen molar-refractivity contribution in [3.63, 3.8) is 0 Å². The normalized spacial score (nSPS) is 12.9. The van der Waals surface area contributed by atoms with Crippen LogP contribution in [0.2, 0.25) is 0 Å². The van der Waals surface area contributed by atoms with Gasteiger partial charge in [0.05, 0.1) is 12.7 Å². The lowest BCUT2D eigenvalue weighted by Crippen LogP contribution is -2.31. The summed E-state index contributed by atoms with van der Waals surface area (Å²) in [4.78, 5) is 2.02. The van der Waals surface area contributed by atoms with Gasteiger partial charge in [0.15, 0.2) is 0 Å². The zero-order valence-electron chi connectivity index (χ0n) is 10.5. The molecule has 96 valence electrons. The highest BCUT2D eigenvalue weighted by Crippen LogP contribution is 2.11. The maximum absolute atomic E-state index is 9.67. The van der Waals surface area contributed by atoms with Crippen molar-refractivity contribution in [1.82, 2.24) is 4.90 Å². The standard InChI is InChI=1S/C13H21NO3/c1-3-17-10-13(16)9-14(2)8-11-4-6-12(15)7-5-11/h4-7,13,15-16H,3,8-10H2,1-2H3. The summed E-state index contributed by atoms with van der Waals surface area (Å²) in [7, 11) is 1.95. The van der Waals surface area contributed by atoms with E-state index in [1.165, 1.54) is 0 Å². The van der Waals surface area contributed by atoms with E-state index in [9.17, 15) is 5.11 Å². The molecule has 0 heterocycles. The molecule has 17 heavy (non-hydrogen) atoms. The van der Waals surface area contributed by atoms with Gasteiger partial charge < -0.3 is 14.9 Å². The van der Waals surface area contributed by atoms with Crippen LogP contribution < -0.4 is 0 Å². The van der Waals surface area contributed by atoms with Crippen LogP contribution in [0.4, 0.5) is 0 Å². The number of phenols is 1. The van der Waals surface area contributed by atoms with E-state index in [0.717, 1.165) is 12.1 Å².